The van der Waals surface area contributed by atoms with Gasteiger partial charge in [0.15, 0.2) is 0 Å². The zero-order chi connectivity index (χ0) is 65.6. The van der Waals surface area contributed by atoms with Crippen molar-refractivity contribution in [2.75, 3.05) is 0 Å². The van der Waals surface area contributed by atoms with Crippen molar-refractivity contribution in [3.8, 4) is 100 Å². The van der Waals surface area contributed by atoms with Crippen LogP contribution < -0.4 is 5.46 Å². The Morgan fingerprint density at radius 2 is 0.412 bits per heavy atom. The van der Waals surface area contributed by atoms with Gasteiger partial charge >= 0.3 is 7.12 Å². The Balaban J connectivity index is 0.000000146. The molecule has 0 aliphatic rings. The number of hydrogen-bond donors (Lipinski definition) is 2. The molecule has 0 aliphatic heterocycles. The van der Waals surface area contributed by atoms with Gasteiger partial charge in [0, 0.05) is 8.95 Å². The van der Waals surface area contributed by atoms with E-state index in [1.165, 1.54) is 143 Å². The van der Waals surface area contributed by atoms with Crippen molar-refractivity contribution in [3.05, 3.63) is 379 Å². The molecule has 0 aliphatic carbocycles. The predicted molar refractivity (Wildman–Crippen MR) is 421 cm³/mol. The average Bonchev–Trinajstić information content (AvgIpc) is 0.769. The molecule has 17 rings (SSSR count). The molecule has 17 aromatic carbocycles. The molecular weight excluding hydrogens is 1310 g/mol. The molecular formula is C92H63BBr2O2. The molecule has 2 N–H and O–H groups in total. The minimum absolute atomic E-state index is 0.504. The van der Waals surface area contributed by atoms with Gasteiger partial charge in [-0.15, -0.1) is 0 Å². The van der Waals surface area contributed by atoms with E-state index in [0.29, 0.717) is 5.46 Å². The summed E-state index contributed by atoms with van der Waals surface area (Å²) in [6, 6.07) is 132. The van der Waals surface area contributed by atoms with Crippen molar-refractivity contribution in [3.63, 3.8) is 0 Å². The maximum absolute atomic E-state index is 9.08. The lowest BCUT2D eigenvalue weighted by Gasteiger charge is -2.17. The molecule has 97 heavy (non-hydrogen) atoms. The normalized spacial score (nSPS) is 11.1. The van der Waals surface area contributed by atoms with E-state index in [1.54, 1.807) is 12.1 Å². The molecule has 0 radical (unpaired) electrons. The van der Waals surface area contributed by atoms with Gasteiger partial charge in [-0.1, -0.05) is 335 Å². The number of halogens is 2. The van der Waals surface area contributed by atoms with E-state index in [-0.39, 0.29) is 0 Å². The number of fused-ring (bicyclic) bond motifs is 5. The first-order valence-corrected chi connectivity index (χ1v) is 34.2. The predicted octanol–water partition coefficient (Wildman–Crippen LogP) is 25.0. The molecule has 0 bridgehead atoms. The largest absolute Gasteiger partial charge is 0.488 e. The minimum atomic E-state index is -1.41. The Kier molecular flexibility index (Phi) is 18.0. The second-order valence-electron chi connectivity index (χ2n) is 24.4. The van der Waals surface area contributed by atoms with E-state index in [1.807, 2.05) is 24.3 Å². The first-order valence-electron chi connectivity index (χ1n) is 32.6. The fourth-order valence-corrected chi connectivity index (χ4v) is 14.2. The minimum Gasteiger partial charge on any atom is -0.423 e. The Morgan fingerprint density at radius 3 is 0.711 bits per heavy atom. The Morgan fingerprint density at radius 1 is 0.175 bits per heavy atom. The van der Waals surface area contributed by atoms with Gasteiger partial charge in [0.05, 0.1) is 0 Å². The lowest BCUT2D eigenvalue weighted by Crippen LogP contribution is -2.29. The van der Waals surface area contributed by atoms with Crippen molar-refractivity contribution >= 4 is 98.3 Å². The highest BCUT2D eigenvalue weighted by Crippen LogP contribution is 2.44. The zero-order valence-electron chi connectivity index (χ0n) is 52.9. The fraction of sp³-hybridized carbons (Fsp3) is 0. The smallest absolute Gasteiger partial charge is 0.423 e. The molecule has 0 unspecified atom stereocenters. The summed E-state index contributed by atoms with van der Waals surface area (Å²) in [5.74, 6) is 0. The topological polar surface area (TPSA) is 40.5 Å². The summed E-state index contributed by atoms with van der Waals surface area (Å²) in [5.41, 5.74) is 22.2. The maximum atomic E-state index is 9.08. The summed E-state index contributed by atoms with van der Waals surface area (Å²) in [5, 5.41) is 30.6. The molecule has 0 amide bonds. The fourth-order valence-electron chi connectivity index (χ4n) is 13.3. The van der Waals surface area contributed by atoms with Gasteiger partial charge in [0.1, 0.15) is 0 Å². The Labute approximate surface area is 583 Å². The molecule has 0 fully saturated rings. The second-order valence-corrected chi connectivity index (χ2v) is 26.3. The van der Waals surface area contributed by atoms with Crippen LogP contribution in [0.4, 0.5) is 0 Å². The van der Waals surface area contributed by atoms with Gasteiger partial charge in [-0.2, -0.15) is 0 Å². The van der Waals surface area contributed by atoms with Crippen molar-refractivity contribution in [1.82, 2.24) is 0 Å². The van der Waals surface area contributed by atoms with Crippen LogP contribution in [-0.4, -0.2) is 17.2 Å². The summed E-state index contributed by atoms with van der Waals surface area (Å²) in [6.07, 6.45) is 0. The lowest BCUT2D eigenvalue weighted by molar-refractivity contribution is 0.426. The van der Waals surface area contributed by atoms with Gasteiger partial charge in [0.25, 0.3) is 0 Å². The van der Waals surface area contributed by atoms with Crippen molar-refractivity contribution in [2.45, 2.75) is 0 Å². The van der Waals surface area contributed by atoms with Crippen LogP contribution in [0.5, 0.6) is 0 Å². The molecule has 2 nitrogen and oxygen atoms in total. The van der Waals surface area contributed by atoms with E-state index < -0.39 is 7.12 Å². The van der Waals surface area contributed by atoms with Crippen molar-refractivity contribution in [1.29, 1.82) is 0 Å². The first-order chi connectivity index (χ1) is 47.7. The summed E-state index contributed by atoms with van der Waals surface area (Å²) in [7, 11) is -1.41. The highest BCUT2D eigenvalue weighted by Gasteiger charge is 2.18. The molecule has 0 aromatic heterocycles. The van der Waals surface area contributed by atoms with Gasteiger partial charge < -0.3 is 10.0 Å². The van der Waals surface area contributed by atoms with Crippen molar-refractivity contribution < 1.29 is 10.0 Å². The summed E-state index contributed by atoms with van der Waals surface area (Å²) < 4.78 is 2.18. The molecule has 0 atom stereocenters. The summed E-state index contributed by atoms with van der Waals surface area (Å²) in [6.45, 7) is 0. The van der Waals surface area contributed by atoms with Crippen LogP contribution in [0.15, 0.2) is 379 Å². The number of benzene rings is 17. The van der Waals surface area contributed by atoms with Crippen LogP contribution in [0.2, 0.25) is 0 Å². The first kappa shape index (κ1) is 62.1. The van der Waals surface area contributed by atoms with Gasteiger partial charge in [-0.05, 0) is 226 Å². The molecule has 460 valence electrons. The van der Waals surface area contributed by atoms with E-state index in [0.717, 1.165) is 20.1 Å². The standard InChI is InChI=1S/C54H36.C22H14Br2.C16H13BO2/c1-3-13-43(14-4-1)51-33-49(41-23-19-39(20-24-41)47-29-27-37-11-7-9-17-45(37)31-47)36-54-52(44-15-5-2-6-16-44)34-50(35-53(51)54)42-25-21-40(22-26-42)48-30-28-38-12-8-10-18-46(38)32-48;23-17-11-19(15-7-3-1-4-8-15)21-13-18(24)12-20(22(21)14-17)16-9-5-2-6-10-16;18-17(19)16-9-7-13(8-10-16)15-6-5-12-3-1-2-4-14(12)11-15/h1-36H;1-14H;1-11,18-19H. The van der Waals surface area contributed by atoms with Crippen LogP contribution in [0.1, 0.15) is 0 Å². The van der Waals surface area contributed by atoms with E-state index in [9.17, 15) is 0 Å². The summed E-state index contributed by atoms with van der Waals surface area (Å²) >= 11 is 7.39. The molecule has 0 heterocycles. The van der Waals surface area contributed by atoms with Crippen LogP contribution in [0, 0.1) is 0 Å². The lowest BCUT2D eigenvalue weighted by atomic mass is 9.80. The van der Waals surface area contributed by atoms with E-state index in [2.05, 4.69) is 366 Å². The highest BCUT2D eigenvalue weighted by atomic mass is 79.9. The Bertz CT molecular complexity index is 5360. The van der Waals surface area contributed by atoms with E-state index in [4.69, 9.17) is 10.0 Å². The Hall–Kier alpha value is -11.0. The third-order valence-corrected chi connectivity index (χ3v) is 19.2. The van der Waals surface area contributed by atoms with Gasteiger partial charge in [-0.3, -0.25) is 0 Å². The van der Waals surface area contributed by atoms with E-state index >= 15 is 0 Å². The monoisotopic (exact) mass is 1370 g/mol. The highest BCUT2D eigenvalue weighted by molar-refractivity contribution is 9.10. The molecule has 17 aromatic rings. The van der Waals surface area contributed by atoms with Crippen LogP contribution in [0.3, 0.4) is 0 Å². The molecule has 0 saturated heterocycles. The van der Waals surface area contributed by atoms with Crippen LogP contribution in [-0.2, 0) is 0 Å². The average molecular weight is 1370 g/mol. The molecule has 0 spiro atoms. The maximum Gasteiger partial charge on any atom is 0.488 e. The van der Waals surface area contributed by atoms with Crippen LogP contribution in [0.25, 0.3) is 154 Å². The zero-order valence-corrected chi connectivity index (χ0v) is 56.1. The second kappa shape index (κ2) is 28.1. The summed E-state index contributed by atoms with van der Waals surface area (Å²) in [4.78, 5) is 0. The molecule has 5 heteroatoms. The molecule has 0 saturated carbocycles. The van der Waals surface area contributed by atoms with Gasteiger partial charge in [0.2, 0.25) is 0 Å². The third-order valence-electron chi connectivity index (χ3n) is 18.3. The number of rotatable bonds is 10. The number of hydrogen-bond acceptors (Lipinski definition) is 2. The van der Waals surface area contributed by atoms with Gasteiger partial charge in [-0.25, -0.2) is 0 Å². The quantitative estimate of drug-likeness (QED) is 0.134. The van der Waals surface area contributed by atoms with Crippen LogP contribution >= 0.6 is 31.9 Å². The third kappa shape index (κ3) is 13.7. The SMILES string of the molecule is Brc1cc(-c2ccccc2)c2cc(Br)cc(-c3ccccc3)c2c1.OB(O)c1ccc(-c2ccc3ccccc3c2)cc1.c1ccc(-c2cc(-c3ccc(-c4ccc5ccccc5c4)cc3)cc3c(-c4ccccc4)cc(-c4ccc(-c5ccc6ccccc6c5)cc4)cc23)cc1. The van der Waals surface area contributed by atoms with Crippen molar-refractivity contribution in [2.24, 2.45) is 0 Å².